The van der Waals surface area contributed by atoms with Gasteiger partial charge in [-0.05, 0) is 30.2 Å². The van der Waals surface area contributed by atoms with Crippen LogP contribution in [0.15, 0.2) is 28.9 Å². The molecular weight excluding hydrogens is 214 g/mol. The Bertz CT molecular complexity index is 403. The van der Waals surface area contributed by atoms with Crippen LogP contribution < -0.4 is 0 Å². The first-order valence-electron chi connectivity index (χ1n) is 4.07. The second-order valence-corrected chi connectivity index (χ2v) is 3.78. The lowest BCUT2D eigenvalue weighted by Gasteiger charge is -2.00. The van der Waals surface area contributed by atoms with Crippen LogP contribution in [-0.2, 0) is 6.42 Å². The van der Waals surface area contributed by atoms with Crippen LogP contribution in [0.3, 0.4) is 0 Å². The summed E-state index contributed by atoms with van der Waals surface area (Å²) in [5, 5.41) is 1.28. The van der Waals surface area contributed by atoms with Gasteiger partial charge in [0.15, 0.2) is 0 Å². The predicted octanol–water partition coefficient (Wildman–Crippen LogP) is 3.49. The zero-order chi connectivity index (χ0) is 8.55. The van der Waals surface area contributed by atoms with Crippen LogP contribution in [-0.4, -0.2) is 4.98 Å². The van der Waals surface area contributed by atoms with Gasteiger partial charge < -0.3 is 4.98 Å². The van der Waals surface area contributed by atoms with Crippen molar-refractivity contribution in [2.24, 2.45) is 0 Å². The Morgan fingerprint density at radius 2 is 2.25 bits per heavy atom. The Morgan fingerprint density at radius 1 is 1.42 bits per heavy atom. The number of H-pyrrole nitrogens is 1. The number of rotatable bonds is 1. The summed E-state index contributed by atoms with van der Waals surface area (Å²) in [6.45, 7) is 2.17. The van der Waals surface area contributed by atoms with Gasteiger partial charge >= 0.3 is 0 Å². The van der Waals surface area contributed by atoms with E-state index in [9.17, 15) is 0 Å². The number of aryl methyl sites for hydroxylation is 1. The van der Waals surface area contributed by atoms with E-state index in [1.54, 1.807) is 0 Å². The van der Waals surface area contributed by atoms with Gasteiger partial charge in [-0.15, -0.1) is 0 Å². The maximum atomic E-state index is 3.49. The number of aromatic amines is 1. The molecule has 0 aliphatic heterocycles. The van der Waals surface area contributed by atoms with E-state index in [0.717, 1.165) is 10.9 Å². The van der Waals surface area contributed by atoms with E-state index in [1.807, 2.05) is 6.20 Å². The van der Waals surface area contributed by atoms with Crippen LogP contribution in [0.5, 0.6) is 0 Å². The monoisotopic (exact) mass is 223 g/mol. The smallest absolute Gasteiger partial charge is 0.0487 e. The molecule has 0 fully saturated rings. The number of hydrogen-bond donors (Lipinski definition) is 1. The molecule has 0 aliphatic rings. The molecule has 1 nitrogen and oxygen atoms in total. The summed E-state index contributed by atoms with van der Waals surface area (Å²) in [5.41, 5.74) is 2.63. The first-order valence-corrected chi connectivity index (χ1v) is 4.86. The summed E-state index contributed by atoms with van der Waals surface area (Å²) in [6.07, 6.45) is 3.05. The van der Waals surface area contributed by atoms with Gasteiger partial charge in [-0.1, -0.05) is 22.9 Å². The molecule has 12 heavy (non-hydrogen) atoms. The van der Waals surface area contributed by atoms with Gasteiger partial charge in [0.1, 0.15) is 0 Å². The Kier molecular flexibility index (Phi) is 1.93. The van der Waals surface area contributed by atoms with Gasteiger partial charge in [-0.3, -0.25) is 0 Å². The SMILES string of the molecule is CCc1cc(Br)cc2cc[nH]c12. The highest BCUT2D eigenvalue weighted by Gasteiger charge is 2.01. The zero-order valence-corrected chi connectivity index (χ0v) is 8.48. The molecule has 62 valence electrons. The molecule has 0 unspecified atom stereocenters. The minimum absolute atomic E-state index is 1.07. The average Bonchev–Trinajstić information content (AvgIpc) is 2.50. The molecule has 1 N–H and O–H groups in total. The maximum Gasteiger partial charge on any atom is 0.0487 e. The highest BCUT2D eigenvalue weighted by molar-refractivity contribution is 9.10. The first-order chi connectivity index (χ1) is 5.81. The van der Waals surface area contributed by atoms with Crippen LogP contribution in [0.4, 0.5) is 0 Å². The van der Waals surface area contributed by atoms with Crippen LogP contribution in [0.25, 0.3) is 10.9 Å². The molecule has 2 aromatic rings. The minimum atomic E-state index is 1.07. The van der Waals surface area contributed by atoms with Crippen LogP contribution in [0.1, 0.15) is 12.5 Å². The normalized spacial score (nSPS) is 10.8. The number of benzene rings is 1. The Hall–Kier alpha value is -0.760. The molecule has 0 amide bonds. The summed E-state index contributed by atoms with van der Waals surface area (Å²) >= 11 is 3.49. The zero-order valence-electron chi connectivity index (χ0n) is 6.89. The van der Waals surface area contributed by atoms with Crippen molar-refractivity contribution >= 4 is 26.8 Å². The van der Waals surface area contributed by atoms with Crippen molar-refractivity contribution in [1.29, 1.82) is 0 Å². The van der Waals surface area contributed by atoms with Gasteiger partial charge in [0.2, 0.25) is 0 Å². The number of hydrogen-bond acceptors (Lipinski definition) is 0. The van der Waals surface area contributed by atoms with E-state index >= 15 is 0 Å². The van der Waals surface area contributed by atoms with Crippen LogP contribution in [0, 0.1) is 0 Å². The molecule has 0 saturated heterocycles. The van der Waals surface area contributed by atoms with Gasteiger partial charge in [0, 0.05) is 21.6 Å². The molecule has 0 spiro atoms. The lowest BCUT2D eigenvalue weighted by Crippen LogP contribution is -1.82. The third kappa shape index (κ3) is 1.16. The third-order valence-electron chi connectivity index (χ3n) is 2.09. The van der Waals surface area contributed by atoms with Gasteiger partial charge in [-0.2, -0.15) is 0 Å². The van der Waals surface area contributed by atoms with E-state index in [4.69, 9.17) is 0 Å². The molecule has 0 bridgehead atoms. The second kappa shape index (κ2) is 2.94. The Morgan fingerprint density at radius 3 is 3.00 bits per heavy atom. The Labute approximate surface area is 79.9 Å². The highest BCUT2D eigenvalue weighted by atomic mass is 79.9. The quantitative estimate of drug-likeness (QED) is 0.763. The van der Waals surface area contributed by atoms with Crippen molar-refractivity contribution in [3.63, 3.8) is 0 Å². The summed E-state index contributed by atoms with van der Waals surface area (Å²) < 4.78 is 1.16. The fraction of sp³-hybridized carbons (Fsp3) is 0.200. The number of aromatic nitrogens is 1. The molecule has 2 heteroatoms. The minimum Gasteiger partial charge on any atom is -0.361 e. The molecule has 1 heterocycles. The van der Waals surface area contributed by atoms with Crippen molar-refractivity contribution in [3.05, 3.63) is 34.4 Å². The number of nitrogens with one attached hydrogen (secondary N) is 1. The maximum absolute atomic E-state index is 3.49. The largest absolute Gasteiger partial charge is 0.361 e. The molecular formula is C10H10BrN. The molecule has 0 aliphatic carbocycles. The van der Waals surface area contributed by atoms with Crippen LogP contribution in [0.2, 0.25) is 0 Å². The molecule has 1 aromatic carbocycles. The summed E-state index contributed by atoms with van der Waals surface area (Å²) in [4.78, 5) is 3.25. The lowest BCUT2D eigenvalue weighted by molar-refractivity contribution is 1.15. The lowest BCUT2D eigenvalue weighted by atomic mass is 10.1. The van der Waals surface area contributed by atoms with Crippen molar-refractivity contribution in [1.82, 2.24) is 4.98 Å². The van der Waals surface area contributed by atoms with E-state index in [-0.39, 0.29) is 0 Å². The summed E-state index contributed by atoms with van der Waals surface area (Å²) in [6, 6.07) is 6.39. The molecule has 0 radical (unpaired) electrons. The van der Waals surface area contributed by atoms with E-state index in [2.05, 4.69) is 46.0 Å². The first kappa shape index (κ1) is 7.87. The standard InChI is InChI=1S/C10H10BrN/c1-2-7-5-9(11)6-8-3-4-12-10(7)8/h3-6,12H,2H2,1H3. The molecule has 1 aromatic heterocycles. The number of fused-ring (bicyclic) bond motifs is 1. The van der Waals surface area contributed by atoms with Gasteiger partial charge in [-0.25, -0.2) is 0 Å². The van der Waals surface area contributed by atoms with Crippen molar-refractivity contribution in [2.75, 3.05) is 0 Å². The number of halogens is 1. The van der Waals surface area contributed by atoms with E-state index in [1.165, 1.54) is 16.5 Å². The summed E-state index contributed by atoms with van der Waals surface area (Å²) in [5.74, 6) is 0. The molecule has 0 saturated carbocycles. The van der Waals surface area contributed by atoms with Crippen molar-refractivity contribution in [2.45, 2.75) is 13.3 Å². The van der Waals surface area contributed by atoms with Crippen LogP contribution >= 0.6 is 15.9 Å². The predicted molar refractivity (Wildman–Crippen MR) is 55.4 cm³/mol. The second-order valence-electron chi connectivity index (χ2n) is 2.86. The van der Waals surface area contributed by atoms with Gasteiger partial charge in [0.05, 0.1) is 0 Å². The summed E-state index contributed by atoms with van der Waals surface area (Å²) in [7, 11) is 0. The fourth-order valence-electron chi connectivity index (χ4n) is 1.49. The third-order valence-corrected chi connectivity index (χ3v) is 2.54. The highest BCUT2D eigenvalue weighted by Crippen LogP contribution is 2.23. The topological polar surface area (TPSA) is 15.8 Å². The van der Waals surface area contributed by atoms with Crippen molar-refractivity contribution < 1.29 is 0 Å². The van der Waals surface area contributed by atoms with Gasteiger partial charge in [0.25, 0.3) is 0 Å². The van der Waals surface area contributed by atoms with E-state index < -0.39 is 0 Å². The fourth-order valence-corrected chi connectivity index (χ4v) is 2.01. The molecule has 0 atom stereocenters. The van der Waals surface area contributed by atoms with E-state index in [0.29, 0.717) is 0 Å². The Balaban J connectivity index is 2.80. The molecule has 2 rings (SSSR count). The average molecular weight is 224 g/mol. The van der Waals surface area contributed by atoms with Crippen molar-refractivity contribution in [3.8, 4) is 0 Å².